The van der Waals surface area contributed by atoms with E-state index in [4.69, 9.17) is 5.73 Å². The highest BCUT2D eigenvalue weighted by atomic mass is 16.2. The molecule has 1 aliphatic rings. The van der Waals surface area contributed by atoms with Crippen molar-refractivity contribution in [2.24, 2.45) is 5.73 Å². The third-order valence-corrected chi connectivity index (χ3v) is 4.19. The van der Waals surface area contributed by atoms with Crippen LogP contribution in [0.1, 0.15) is 18.9 Å². The number of nitrogens with one attached hydrogen (secondary N) is 1. The lowest BCUT2D eigenvalue weighted by molar-refractivity contribution is -0.131. The maximum atomic E-state index is 12.8. The van der Waals surface area contributed by atoms with Gasteiger partial charge in [-0.25, -0.2) is 4.79 Å². The van der Waals surface area contributed by atoms with Crippen LogP contribution in [0.15, 0.2) is 42.5 Å². The predicted octanol–water partition coefficient (Wildman–Crippen LogP) is 1.48. The first kappa shape index (κ1) is 15.0. The molecule has 2 aromatic carbocycles. The molecule has 0 aliphatic carbocycles. The van der Waals surface area contributed by atoms with Crippen molar-refractivity contribution in [3.05, 3.63) is 48.0 Å². The molecule has 0 aromatic heterocycles. The van der Waals surface area contributed by atoms with E-state index in [2.05, 4.69) is 5.32 Å². The lowest BCUT2D eigenvalue weighted by Gasteiger charge is -2.24. The molecule has 3 N–H and O–H groups in total. The van der Waals surface area contributed by atoms with Gasteiger partial charge in [-0.3, -0.25) is 14.5 Å². The lowest BCUT2D eigenvalue weighted by atomic mass is 9.88. The standard InChI is InChI=1S/C17H17N3O3/c1-17(13-8-4-6-11-5-2-3-7-12(11)13)15(22)20(16(23)19-17)10-9-14(18)21/h2-8H,9-10H2,1H3,(H2,18,21)(H,19,23). The fourth-order valence-corrected chi connectivity index (χ4v) is 2.97. The van der Waals surface area contributed by atoms with Gasteiger partial charge in [0.2, 0.25) is 5.91 Å². The molecule has 0 saturated carbocycles. The fraction of sp³-hybridized carbons (Fsp3) is 0.235. The Labute approximate surface area is 133 Å². The molecule has 1 atom stereocenters. The Morgan fingerprint density at radius 1 is 1.17 bits per heavy atom. The second kappa shape index (κ2) is 5.39. The minimum Gasteiger partial charge on any atom is -0.370 e. The summed E-state index contributed by atoms with van der Waals surface area (Å²) >= 11 is 0. The number of amides is 4. The van der Waals surface area contributed by atoms with Crippen LogP contribution in [0.25, 0.3) is 10.8 Å². The van der Waals surface area contributed by atoms with E-state index in [0.717, 1.165) is 21.2 Å². The molecule has 6 nitrogen and oxygen atoms in total. The minimum absolute atomic E-state index is 0.0135. The van der Waals surface area contributed by atoms with Crippen molar-refractivity contribution >= 4 is 28.6 Å². The number of fused-ring (bicyclic) bond motifs is 1. The largest absolute Gasteiger partial charge is 0.370 e. The summed E-state index contributed by atoms with van der Waals surface area (Å²) in [4.78, 5) is 36.9. The number of primary amides is 1. The Morgan fingerprint density at radius 3 is 2.61 bits per heavy atom. The third-order valence-electron chi connectivity index (χ3n) is 4.19. The number of rotatable bonds is 4. The van der Waals surface area contributed by atoms with Crippen LogP contribution in [0, 0.1) is 0 Å². The van der Waals surface area contributed by atoms with Crippen LogP contribution >= 0.6 is 0 Å². The summed E-state index contributed by atoms with van der Waals surface area (Å²) in [5.41, 5.74) is 4.68. The van der Waals surface area contributed by atoms with Crippen LogP contribution in [0.3, 0.4) is 0 Å². The number of nitrogens with two attached hydrogens (primary N) is 1. The van der Waals surface area contributed by atoms with E-state index in [1.165, 1.54) is 0 Å². The summed E-state index contributed by atoms with van der Waals surface area (Å²) in [5.74, 6) is -0.926. The molecule has 23 heavy (non-hydrogen) atoms. The monoisotopic (exact) mass is 311 g/mol. The highest BCUT2D eigenvalue weighted by Gasteiger charge is 2.49. The van der Waals surface area contributed by atoms with Crippen molar-refractivity contribution < 1.29 is 14.4 Å². The van der Waals surface area contributed by atoms with E-state index in [9.17, 15) is 14.4 Å². The summed E-state index contributed by atoms with van der Waals surface area (Å²) in [6.07, 6.45) is -0.0508. The first-order chi connectivity index (χ1) is 10.9. The quantitative estimate of drug-likeness (QED) is 0.838. The smallest absolute Gasteiger partial charge is 0.325 e. The Morgan fingerprint density at radius 2 is 1.87 bits per heavy atom. The second-order valence-corrected chi connectivity index (χ2v) is 5.75. The molecular weight excluding hydrogens is 294 g/mol. The first-order valence-corrected chi connectivity index (χ1v) is 7.34. The maximum Gasteiger partial charge on any atom is 0.325 e. The molecule has 2 aromatic rings. The van der Waals surface area contributed by atoms with E-state index in [1.807, 2.05) is 42.5 Å². The van der Waals surface area contributed by atoms with Gasteiger partial charge in [0, 0.05) is 13.0 Å². The summed E-state index contributed by atoms with van der Waals surface area (Å²) in [6.45, 7) is 1.67. The Kier molecular flexibility index (Phi) is 3.52. The molecule has 0 bridgehead atoms. The van der Waals surface area contributed by atoms with Crippen molar-refractivity contribution in [1.29, 1.82) is 0 Å². The predicted molar refractivity (Wildman–Crippen MR) is 85.4 cm³/mol. The van der Waals surface area contributed by atoms with Crippen molar-refractivity contribution in [3.63, 3.8) is 0 Å². The van der Waals surface area contributed by atoms with Crippen LogP contribution in [-0.2, 0) is 15.1 Å². The van der Waals surface area contributed by atoms with Gasteiger partial charge in [0.05, 0.1) is 0 Å². The summed E-state index contributed by atoms with van der Waals surface area (Å²) in [6, 6.07) is 12.8. The average Bonchev–Trinajstić information content (AvgIpc) is 2.75. The highest BCUT2D eigenvalue weighted by molar-refractivity contribution is 6.09. The number of carbonyl (C=O) groups is 3. The van der Waals surface area contributed by atoms with Crippen LogP contribution in [-0.4, -0.2) is 29.3 Å². The van der Waals surface area contributed by atoms with Crippen molar-refractivity contribution in [1.82, 2.24) is 10.2 Å². The van der Waals surface area contributed by atoms with Gasteiger partial charge in [-0.05, 0) is 23.3 Å². The molecule has 0 radical (unpaired) electrons. The first-order valence-electron chi connectivity index (χ1n) is 7.34. The topological polar surface area (TPSA) is 92.5 Å². The van der Waals surface area contributed by atoms with E-state index in [-0.39, 0.29) is 18.9 Å². The summed E-state index contributed by atoms with van der Waals surface area (Å²) < 4.78 is 0. The number of hydrogen-bond acceptors (Lipinski definition) is 3. The number of nitrogens with zero attached hydrogens (tertiary/aromatic N) is 1. The zero-order valence-electron chi connectivity index (χ0n) is 12.7. The Balaban J connectivity index is 2.03. The maximum absolute atomic E-state index is 12.8. The van der Waals surface area contributed by atoms with E-state index < -0.39 is 17.5 Å². The minimum atomic E-state index is -1.16. The zero-order chi connectivity index (χ0) is 16.6. The number of carbonyl (C=O) groups excluding carboxylic acids is 3. The number of urea groups is 1. The summed E-state index contributed by atoms with van der Waals surface area (Å²) in [7, 11) is 0. The van der Waals surface area contributed by atoms with Crippen LogP contribution < -0.4 is 11.1 Å². The van der Waals surface area contributed by atoms with Gasteiger partial charge in [0.25, 0.3) is 5.91 Å². The van der Waals surface area contributed by atoms with E-state index in [1.54, 1.807) is 6.92 Å². The Hall–Kier alpha value is -2.89. The van der Waals surface area contributed by atoms with Crippen LogP contribution in [0.4, 0.5) is 4.79 Å². The van der Waals surface area contributed by atoms with Gasteiger partial charge in [-0.2, -0.15) is 0 Å². The van der Waals surface area contributed by atoms with E-state index in [0.29, 0.717) is 0 Å². The van der Waals surface area contributed by atoms with Crippen molar-refractivity contribution in [2.45, 2.75) is 18.9 Å². The SMILES string of the molecule is CC1(c2cccc3ccccc23)NC(=O)N(CCC(N)=O)C1=O. The summed E-state index contributed by atoms with van der Waals surface area (Å²) in [5, 5.41) is 4.64. The van der Waals surface area contributed by atoms with E-state index >= 15 is 0 Å². The molecule has 1 saturated heterocycles. The number of imide groups is 1. The van der Waals surface area contributed by atoms with Gasteiger partial charge in [0.1, 0.15) is 5.54 Å². The molecule has 118 valence electrons. The van der Waals surface area contributed by atoms with Gasteiger partial charge < -0.3 is 11.1 Å². The third kappa shape index (κ3) is 2.42. The van der Waals surface area contributed by atoms with Gasteiger partial charge in [-0.15, -0.1) is 0 Å². The molecule has 4 amide bonds. The molecule has 1 fully saturated rings. The lowest BCUT2D eigenvalue weighted by Crippen LogP contribution is -2.41. The van der Waals surface area contributed by atoms with Gasteiger partial charge in [-0.1, -0.05) is 42.5 Å². The molecule has 3 rings (SSSR count). The molecule has 0 spiro atoms. The number of benzene rings is 2. The fourth-order valence-electron chi connectivity index (χ4n) is 2.97. The normalized spacial score (nSPS) is 20.8. The molecule has 6 heteroatoms. The van der Waals surface area contributed by atoms with Crippen LogP contribution in [0.2, 0.25) is 0 Å². The number of hydrogen-bond donors (Lipinski definition) is 2. The van der Waals surface area contributed by atoms with Crippen molar-refractivity contribution in [2.75, 3.05) is 6.54 Å². The zero-order valence-corrected chi connectivity index (χ0v) is 12.7. The van der Waals surface area contributed by atoms with Gasteiger partial charge >= 0.3 is 6.03 Å². The van der Waals surface area contributed by atoms with Gasteiger partial charge in [0.15, 0.2) is 0 Å². The molecule has 1 heterocycles. The highest BCUT2D eigenvalue weighted by Crippen LogP contribution is 2.33. The molecule has 1 unspecified atom stereocenters. The molecular formula is C17H17N3O3. The molecule has 1 aliphatic heterocycles. The van der Waals surface area contributed by atoms with Crippen LogP contribution in [0.5, 0.6) is 0 Å². The second-order valence-electron chi connectivity index (χ2n) is 5.75. The Bertz CT molecular complexity index is 812. The van der Waals surface area contributed by atoms with Crippen molar-refractivity contribution in [3.8, 4) is 0 Å². The average molecular weight is 311 g/mol.